The SMILES string of the molecule is CCCCC(CCC)NS(=O)(=O)c1ccccc1NCC. The van der Waals surface area contributed by atoms with Crippen molar-refractivity contribution in [3.63, 3.8) is 0 Å². The van der Waals surface area contributed by atoms with E-state index in [0.29, 0.717) is 17.1 Å². The van der Waals surface area contributed by atoms with Gasteiger partial charge in [-0.15, -0.1) is 0 Å². The minimum atomic E-state index is -3.48. The van der Waals surface area contributed by atoms with E-state index < -0.39 is 10.0 Å². The molecule has 0 saturated heterocycles. The van der Waals surface area contributed by atoms with Crippen LogP contribution in [0.4, 0.5) is 5.69 Å². The van der Waals surface area contributed by atoms with E-state index in [4.69, 9.17) is 0 Å². The molecule has 1 rings (SSSR count). The highest BCUT2D eigenvalue weighted by molar-refractivity contribution is 7.89. The van der Waals surface area contributed by atoms with Gasteiger partial charge in [0.05, 0.1) is 5.69 Å². The van der Waals surface area contributed by atoms with Crippen molar-refractivity contribution in [1.29, 1.82) is 0 Å². The molecular formula is C16H28N2O2S. The quantitative estimate of drug-likeness (QED) is 0.691. The monoisotopic (exact) mass is 312 g/mol. The molecule has 0 aliphatic heterocycles. The molecule has 5 heteroatoms. The first kappa shape index (κ1) is 18.0. The molecule has 2 N–H and O–H groups in total. The molecule has 0 fully saturated rings. The van der Waals surface area contributed by atoms with Gasteiger partial charge in [-0.05, 0) is 31.9 Å². The van der Waals surface area contributed by atoms with Gasteiger partial charge in [-0.3, -0.25) is 0 Å². The second kappa shape index (κ2) is 9.05. The molecule has 0 radical (unpaired) electrons. The fraction of sp³-hybridized carbons (Fsp3) is 0.625. The largest absolute Gasteiger partial charge is 0.384 e. The molecule has 0 aromatic heterocycles. The maximum atomic E-state index is 12.6. The molecule has 4 nitrogen and oxygen atoms in total. The van der Waals surface area contributed by atoms with Gasteiger partial charge in [0.1, 0.15) is 4.90 Å². The molecule has 1 aromatic carbocycles. The van der Waals surface area contributed by atoms with Gasteiger partial charge < -0.3 is 5.32 Å². The van der Waals surface area contributed by atoms with Crippen LogP contribution in [0.5, 0.6) is 0 Å². The number of benzene rings is 1. The van der Waals surface area contributed by atoms with Crippen molar-refractivity contribution in [2.45, 2.75) is 63.8 Å². The summed E-state index contributed by atoms with van der Waals surface area (Å²) >= 11 is 0. The standard InChI is InChI=1S/C16H28N2O2S/c1-4-7-11-14(10-5-2)18-21(19,20)16-13-9-8-12-15(16)17-6-3/h8-9,12-14,17-18H,4-7,10-11H2,1-3H3. The normalized spacial score (nSPS) is 13.1. The van der Waals surface area contributed by atoms with Gasteiger partial charge in [0.25, 0.3) is 0 Å². The van der Waals surface area contributed by atoms with Gasteiger partial charge in [-0.1, -0.05) is 45.2 Å². The summed E-state index contributed by atoms with van der Waals surface area (Å²) in [6.07, 6.45) is 4.87. The van der Waals surface area contributed by atoms with Gasteiger partial charge in [0.2, 0.25) is 10.0 Å². The van der Waals surface area contributed by atoms with Crippen molar-refractivity contribution >= 4 is 15.7 Å². The van der Waals surface area contributed by atoms with E-state index in [1.165, 1.54) is 0 Å². The third-order valence-corrected chi connectivity index (χ3v) is 4.99. The lowest BCUT2D eigenvalue weighted by molar-refractivity contribution is 0.483. The number of para-hydroxylation sites is 1. The Morgan fingerprint density at radius 3 is 2.38 bits per heavy atom. The average Bonchev–Trinajstić information content (AvgIpc) is 2.45. The third kappa shape index (κ3) is 5.67. The molecule has 0 bridgehead atoms. The molecule has 0 spiro atoms. The number of nitrogens with one attached hydrogen (secondary N) is 2. The van der Waals surface area contributed by atoms with Crippen LogP contribution in [0.1, 0.15) is 52.9 Å². The fourth-order valence-corrected chi connectivity index (χ4v) is 3.87. The van der Waals surface area contributed by atoms with Crippen LogP contribution in [-0.4, -0.2) is 21.0 Å². The average molecular weight is 312 g/mol. The smallest absolute Gasteiger partial charge is 0.242 e. The van der Waals surface area contributed by atoms with Crippen LogP contribution in [0.2, 0.25) is 0 Å². The lowest BCUT2D eigenvalue weighted by Gasteiger charge is -2.19. The first-order valence-corrected chi connectivity index (χ1v) is 9.38. The molecule has 0 aliphatic rings. The molecule has 120 valence electrons. The summed E-state index contributed by atoms with van der Waals surface area (Å²) in [6.45, 7) is 6.86. The van der Waals surface area contributed by atoms with Gasteiger partial charge in [0, 0.05) is 12.6 Å². The summed E-state index contributed by atoms with van der Waals surface area (Å²) in [5.74, 6) is 0. The van der Waals surface area contributed by atoms with E-state index in [1.54, 1.807) is 18.2 Å². The predicted molar refractivity (Wildman–Crippen MR) is 89.1 cm³/mol. The molecular weight excluding hydrogens is 284 g/mol. The number of rotatable bonds is 10. The summed E-state index contributed by atoms with van der Waals surface area (Å²) in [7, 11) is -3.48. The molecule has 21 heavy (non-hydrogen) atoms. The number of hydrogen-bond acceptors (Lipinski definition) is 3. The van der Waals surface area contributed by atoms with Crippen LogP contribution < -0.4 is 10.0 Å². The number of sulfonamides is 1. The van der Waals surface area contributed by atoms with Crippen LogP contribution in [0.15, 0.2) is 29.2 Å². The van der Waals surface area contributed by atoms with E-state index in [0.717, 1.165) is 32.1 Å². The van der Waals surface area contributed by atoms with Crippen LogP contribution in [0.25, 0.3) is 0 Å². The Labute approximate surface area is 129 Å². The fourth-order valence-electron chi connectivity index (χ4n) is 2.38. The van der Waals surface area contributed by atoms with Gasteiger partial charge in [0.15, 0.2) is 0 Å². The minimum absolute atomic E-state index is 0.0228. The van der Waals surface area contributed by atoms with Crippen LogP contribution >= 0.6 is 0 Å². The highest BCUT2D eigenvalue weighted by atomic mass is 32.2. The Balaban J connectivity index is 2.93. The van der Waals surface area contributed by atoms with Crippen molar-refractivity contribution in [2.24, 2.45) is 0 Å². The maximum Gasteiger partial charge on any atom is 0.242 e. The van der Waals surface area contributed by atoms with E-state index in [2.05, 4.69) is 23.9 Å². The lowest BCUT2D eigenvalue weighted by atomic mass is 10.1. The van der Waals surface area contributed by atoms with Gasteiger partial charge in [-0.25, -0.2) is 13.1 Å². The maximum absolute atomic E-state index is 12.6. The topological polar surface area (TPSA) is 58.2 Å². The van der Waals surface area contributed by atoms with Crippen molar-refractivity contribution < 1.29 is 8.42 Å². The van der Waals surface area contributed by atoms with Crippen molar-refractivity contribution in [2.75, 3.05) is 11.9 Å². The number of anilines is 1. The Hall–Kier alpha value is -1.07. The number of unbranched alkanes of at least 4 members (excludes halogenated alkanes) is 1. The second-order valence-corrected chi connectivity index (χ2v) is 6.96. The molecule has 0 saturated carbocycles. The van der Waals surface area contributed by atoms with Crippen molar-refractivity contribution in [3.8, 4) is 0 Å². The highest BCUT2D eigenvalue weighted by Gasteiger charge is 2.21. The van der Waals surface area contributed by atoms with Crippen LogP contribution in [0, 0.1) is 0 Å². The van der Waals surface area contributed by atoms with E-state index >= 15 is 0 Å². The van der Waals surface area contributed by atoms with Crippen molar-refractivity contribution in [3.05, 3.63) is 24.3 Å². The molecule has 0 heterocycles. The zero-order chi connectivity index (χ0) is 15.7. The molecule has 0 amide bonds. The highest BCUT2D eigenvalue weighted by Crippen LogP contribution is 2.21. The first-order chi connectivity index (χ1) is 10.0. The minimum Gasteiger partial charge on any atom is -0.384 e. The predicted octanol–water partition coefficient (Wildman–Crippen LogP) is 3.76. The number of hydrogen-bond donors (Lipinski definition) is 2. The van der Waals surface area contributed by atoms with E-state index in [1.807, 2.05) is 13.0 Å². The van der Waals surface area contributed by atoms with Crippen molar-refractivity contribution in [1.82, 2.24) is 4.72 Å². The van der Waals surface area contributed by atoms with Gasteiger partial charge >= 0.3 is 0 Å². The Bertz CT molecular complexity index is 515. The first-order valence-electron chi connectivity index (χ1n) is 7.90. The summed E-state index contributed by atoms with van der Waals surface area (Å²) < 4.78 is 28.1. The van der Waals surface area contributed by atoms with Crippen LogP contribution in [0.3, 0.4) is 0 Å². The summed E-state index contributed by atoms with van der Waals surface area (Å²) in [5.41, 5.74) is 0.665. The molecule has 1 atom stereocenters. The Morgan fingerprint density at radius 2 is 1.76 bits per heavy atom. The summed E-state index contributed by atoms with van der Waals surface area (Å²) in [6, 6.07) is 7.09. The third-order valence-electron chi connectivity index (χ3n) is 3.41. The Morgan fingerprint density at radius 1 is 1.05 bits per heavy atom. The second-order valence-electron chi connectivity index (χ2n) is 5.28. The zero-order valence-electron chi connectivity index (χ0n) is 13.4. The zero-order valence-corrected chi connectivity index (χ0v) is 14.2. The summed E-state index contributed by atoms with van der Waals surface area (Å²) in [4.78, 5) is 0.337. The molecule has 0 aliphatic carbocycles. The Kier molecular flexibility index (Phi) is 7.75. The van der Waals surface area contributed by atoms with Gasteiger partial charge in [-0.2, -0.15) is 0 Å². The molecule has 1 aromatic rings. The van der Waals surface area contributed by atoms with Crippen LogP contribution in [-0.2, 0) is 10.0 Å². The summed E-state index contributed by atoms with van der Waals surface area (Å²) in [5, 5.41) is 3.11. The van der Waals surface area contributed by atoms with E-state index in [-0.39, 0.29) is 6.04 Å². The lowest BCUT2D eigenvalue weighted by Crippen LogP contribution is -2.35. The van der Waals surface area contributed by atoms with E-state index in [9.17, 15) is 8.42 Å². The molecule has 1 unspecified atom stereocenters.